The molecule has 134 valence electrons. The molecule has 0 fully saturated rings. The highest BCUT2D eigenvalue weighted by Gasteiger charge is 2.15. The predicted molar refractivity (Wildman–Crippen MR) is 115 cm³/mol. The zero-order valence-electron chi connectivity index (χ0n) is 14.7. The minimum atomic E-state index is 0.569. The van der Waals surface area contributed by atoms with Crippen molar-refractivity contribution in [2.75, 3.05) is 5.32 Å². The molecule has 0 amide bonds. The molecule has 4 aromatic rings. The summed E-state index contributed by atoms with van der Waals surface area (Å²) in [5.41, 5.74) is 4.59. The lowest BCUT2D eigenvalue weighted by Gasteiger charge is -2.09. The first-order valence-corrected chi connectivity index (χ1v) is 9.30. The highest BCUT2D eigenvalue weighted by atomic mass is 35.5. The van der Waals surface area contributed by atoms with Gasteiger partial charge in [-0.15, -0.1) is 0 Å². The van der Waals surface area contributed by atoms with Gasteiger partial charge in [-0.25, -0.2) is 4.98 Å². The SMILES string of the molecule is Cc1ccc2nc(/C(Cl)=C/c3ccccc3)c(Nc3ccc(Cl)cc3)n2c1. The normalized spacial score (nSPS) is 11.7. The van der Waals surface area contributed by atoms with Gasteiger partial charge in [0.25, 0.3) is 0 Å². The van der Waals surface area contributed by atoms with E-state index in [9.17, 15) is 0 Å². The van der Waals surface area contributed by atoms with Crippen molar-refractivity contribution < 1.29 is 0 Å². The average molecular weight is 394 g/mol. The van der Waals surface area contributed by atoms with Crippen LogP contribution >= 0.6 is 23.2 Å². The Morgan fingerprint density at radius 3 is 2.48 bits per heavy atom. The Balaban J connectivity index is 1.84. The molecule has 0 radical (unpaired) electrons. The molecule has 0 spiro atoms. The molecular formula is C22H17Cl2N3. The van der Waals surface area contributed by atoms with Crippen LogP contribution in [0, 0.1) is 6.92 Å². The van der Waals surface area contributed by atoms with Crippen molar-refractivity contribution in [3.8, 4) is 0 Å². The Labute approximate surface area is 167 Å². The third-order valence-corrected chi connectivity index (χ3v) is 4.73. The Hall–Kier alpha value is -2.75. The summed E-state index contributed by atoms with van der Waals surface area (Å²) >= 11 is 12.7. The van der Waals surface area contributed by atoms with E-state index >= 15 is 0 Å². The second-order valence-electron chi connectivity index (χ2n) is 6.28. The van der Waals surface area contributed by atoms with Crippen LogP contribution in [0.5, 0.6) is 0 Å². The van der Waals surface area contributed by atoms with Crippen LogP contribution in [0.25, 0.3) is 16.8 Å². The second kappa shape index (κ2) is 7.47. The molecule has 0 aliphatic rings. The Kier molecular flexibility index (Phi) is 4.88. The molecule has 0 aliphatic heterocycles. The molecule has 2 aromatic carbocycles. The van der Waals surface area contributed by atoms with E-state index in [2.05, 4.69) is 5.32 Å². The zero-order valence-corrected chi connectivity index (χ0v) is 16.2. The van der Waals surface area contributed by atoms with Crippen molar-refractivity contribution in [2.45, 2.75) is 6.92 Å². The lowest BCUT2D eigenvalue weighted by molar-refractivity contribution is 1.16. The van der Waals surface area contributed by atoms with Crippen molar-refractivity contribution in [2.24, 2.45) is 0 Å². The maximum atomic E-state index is 6.67. The van der Waals surface area contributed by atoms with Crippen molar-refractivity contribution in [1.29, 1.82) is 0 Å². The minimum Gasteiger partial charge on any atom is -0.339 e. The fourth-order valence-corrected chi connectivity index (χ4v) is 3.25. The quantitative estimate of drug-likeness (QED) is 0.414. The number of imidazole rings is 1. The summed E-state index contributed by atoms with van der Waals surface area (Å²) < 4.78 is 2.01. The number of hydrogen-bond acceptors (Lipinski definition) is 2. The summed E-state index contributed by atoms with van der Waals surface area (Å²) in [7, 11) is 0. The maximum absolute atomic E-state index is 6.67. The summed E-state index contributed by atoms with van der Waals surface area (Å²) in [6.45, 7) is 2.05. The van der Waals surface area contributed by atoms with Gasteiger partial charge >= 0.3 is 0 Å². The van der Waals surface area contributed by atoms with E-state index in [1.165, 1.54) is 0 Å². The van der Waals surface area contributed by atoms with E-state index in [1.807, 2.05) is 90.3 Å². The van der Waals surface area contributed by atoms with Gasteiger partial charge < -0.3 is 5.32 Å². The van der Waals surface area contributed by atoms with Crippen molar-refractivity contribution >= 4 is 51.5 Å². The first kappa shape index (κ1) is 17.7. The number of nitrogens with one attached hydrogen (secondary N) is 1. The molecule has 2 heterocycles. The van der Waals surface area contributed by atoms with Crippen molar-refractivity contribution in [1.82, 2.24) is 9.38 Å². The third kappa shape index (κ3) is 3.85. The average Bonchev–Trinajstić information content (AvgIpc) is 3.02. The van der Waals surface area contributed by atoms with Gasteiger partial charge in [-0.1, -0.05) is 59.6 Å². The summed E-state index contributed by atoms with van der Waals surface area (Å²) in [5.74, 6) is 0.813. The topological polar surface area (TPSA) is 29.3 Å². The molecule has 0 bridgehead atoms. The number of fused-ring (bicyclic) bond motifs is 1. The third-order valence-electron chi connectivity index (χ3n) is 4.19. The summed E-state index contributed by atoms with van der Waals surface area (Å²) in [4.78, 5) is 4.74. The fourth-order valence-electron chi connectivity index (χ4n) is 2.87. The lowest BCUT2D eigenvalue weighted by atomic mass is 10.2. The van der Waals surface area contributed by atoms with Crippen LogP contribution in [-0.4, -0.2) is 9.38 Å². The molecule has 1 N–H and O–H groups in total. The number of hydrogen-bond donors (Lipinski definition) is 1. The van der Waals surface area contributed by atoms with E-state index in [-0.39, 0.29) is 0 Å². The van der Waals surface area contributed by atoms with E-state index < -0.39 is 0 Å². The van der Waals surface area contributed by atoms with Crippen LogP contribution in [0.4, 0.5) is 11.5 Å². The summed E-state index contributed by atoms with van der Waals surface area (Å²) in [6, 6.07) is 21.5. The van der Waals surface area contributed by atoms with Gasteiger partial charge in [-0.3, -0.25) is 4.40 Å². The van der Waals surface area contributed by atoms with Crippen LogP contribution < -0.4 is 5.32 Å². The molecule has 0 saturated heterocycles. The molecule has 0 saturated carbocycles. The smallest absolute Gasteiger partial charge is 0.144 e. The molecular weight excluding hydrogens is 377 g/mol. The van der Waals surface area contributed by atoms with Crippen molar-refractivity contribution in [3.05, 3.63) is 94.8 Å². The van der Waals surface area contributed by atoms with Crippen LogP contribution in [0.1, 0.15) is 16.8 Å². The van der Waals surface area contributed by atoms with Crippen LogP contribution in [0.15, 0.2) is 72.9 Å². The standard InChI is InChI=1S/C22H17Cl2N3/c1-15-7-12-20-26-21(19(24)13-16-5-3-2-4-6-16)22(27(20)14-15)25-18-10-8-17(23)9-11-18/h2-14,25H,1H3/b19-13-. The molecule has 0 aliphatic carbocycles. The van der Waals surface area contributed by atoms with Gasteiger partial charge in [0.05, 0.1) is 5.03 Å². The van der Waals surface area contributed by atoms with Crippen LogP contribution in [-0.2, 0) is 0 Å². The minimum absolute atomic E-state index is 0.569. The largest absolute Gasteiger partial charge is 0.339 e. The van der Waals surface area contributed by atoms with Gasteiger partial charge in [-0.2, -0.15) is 0 Å². The fraction of sp³-hybridized carbons (Fsp3) is 0.0455. The number of aromatic nitrogens is 2. The number of benzene rings is 2. The van der Waals surface area contributed by atoms with E-state index in [1.54, 1.807) is 0 Å². The molecule has 5 heteroatoms. The Morgan fingerprint density at radius 1 is 1.00 bits per heavy atom. The number of anilines is 2. The lowest BCUT2D eigenvalue weighted by Crippen LogP contribution is -1.98. The molecule has 2 aromatic heterocycles. The highest BCUT2D eigenvalue weighted by Crippen LogP contribution is 2.32. The molecule has 3 nitrogen and oxygen atoms in total. The first-order chi connectivity index (χ1) is 13.1. The van der Waals surface area contributed by atoms with Gasteiger partial charge in [0.1, 0.15) is 17.2 Å². The molecule has 0 unspecified atom stereocenters. The van der Waals surface area contributed by atoms with Gasteiger partial charge in [0.2, 0.25) is 0 Å². The second-order valence-corrected chi connectivity index (χ2v) is 7.12. The summed E-state index contributed by atoms with van der Waals surface area (Å²) in [5, 5.41) is 4.69. The van der Waals surface area contributed by atoms with Gasteiger partial charge in [-0.05, 0) is 54.5 Å². The highest BCUT2D eigenvalue weighted by molar-refractivity contribution is 6.51. The molecule has 0 atom stereocenters. The van der Waals surface area contributed by atoms with E-state index in [0.29, 0.717) is 15.7 Å². The zero-order chi connectivity index (χ0) is 18.8. The van der Waals surface area contributed by atoms with Crippen LogP contribution in [0.2, 0.25) is 5.02 Å². The monoisotopic (exact) mass is 393 g/mol. The molecule has 27 heavy (non-hydrogen) atoms. The Bertz CT molecular complexity index is 1110. The molecule has 4 rings (SSSR count). The van der Waals surface area contributed by atoms with Gasteiger partial charge in [0, 0.05) is 16.9 Å². The summed E-state index contributed by atoms with van der Waals surface area (Å²) in [6.07, 6.45) is 3.96. The van der Waals surface area contributed by atoms with Gasteiger partial charge in [0.15, 0.2) is 0 Å². The maximum Gasteiger partial charge on any atom is 0.144 e. The van der Waals surface area contributed by atoms with Crippen molar-refractivity contribution in [3.63, 3.8) is 0 Å². The van der Waals surface area contributed by atoms with Crippen LogP contribution in [0.3, 0.4) is 0 Å². The predicted octanol–water partition coefficient (Wildman–Crippen LogP) is 6.78. The van der Waals surface area contributed by atoms with E-state index in [4.69, 9.17) is 28.2 Å². The number of aryl methyl sites for hydroxylation is 1. The first-order valence-electron chi connectivity index (χ1n) is 8.54. The number of rotatable bonds is 4. The number of pyridine rings is 1. The number of halogens is 2. The number of nitrogens with zero attached hydrogens (tertiary/aromatic N) is 2. The Morgan fingerprint density at radius 2 is 1.74 bits per heavy atom. The van der Waals surface area contributed by atoms with E-state index in [0.717, 1.165) is 28.3 Å².